The van der Waals surface area contributed by atoms with Crippen LogP contribution in [0.15, 0.2) is 36.4 Å². The van der Waals surface area contributed by atoms with E-state index >= 15 is 0 Å². The topological polar surface area (TPSA) is 87.7 Å². The van der Waals surface area contributed by atoms with Gasteiger partial charge in [-0.25, -0.2) is 17.5 Å². The zero-order chi connectivity index (χ0) is 19.4. The molecule has 1 aliphatic heterocycles. The molecule has 2 amide bonds. The number of nitrogens with one attached hydrogen (secondary N) is 2. The number of hydrogen-bond donors (Lipinski definition) is 2. The zero-order valence-corrected chi connectivity index (χ0v) is 16.4. The lowest BCUT2D eigenvalue weighted by molar-refractivity contribution is 0.227. The summed E-state index contributed by atoms with van der Waals surface area (Å²) in [5.74, 6) is 0.815. The van der Waals surface area contributed by atoms with Crippen molar-refractivity contribution >= 4 is 26.8 Å². The highest BCUT2D eigenvalue weighted by Gasteiger charge is 2.25. The molecule has 146 valence electrons. The number of amides is 2. The molecule has 27 heavy (non-hydrogen) atoms. The van der Waals surface area contributed by atoms with E-state index in [9.17, 15) is 13.2 Å². The normalized spacial score (nSPS) is 16.2. The second kappa shape index (κ2) is 8.14. The third-order valence-electron chi connectivity index (χ3n) is 4.82. The standard InChI is InChI=1S/C19H25N3O4S/c1-26-18-6-5-15-11-14(3-4-16(15)12-18)13-20-19(23)21-17-7-9-22(10-8-17)27(2,24)25/h3-6,11-12,17H,7-10,13H2,1-2H3,(H2,20,21,23). The highest BCUT2D eigenvalue weighted by molar-refractivity contribution is 7.88. The highest BCUT2D eigenvalue weighted by atomic mass is 32.2. The van der Waals surface area contributed by atoms with E-state index in [-0.39, 0.29) is 12.1 Å². The molecule has 0 aromatic heterocycles. The van der Waals surface area contributed by atoms with Gasteiger partial charge in [0.2, 0.25) is 10.0 Å². The number of ether oxygens (including phenoxy) is 1. The summed E-state index contributed by atoms with van der Waals surface area (Å²) >= 11 is 0. The summed E-state index contributed by atoms with van der Waals surface area (Å²) in [5, 5.41) is 7.96. The number of sulfonamides is 1. The van der Waals surface area contributed by atoms with Crippen molar-refractivity contribution in [3.05, 3.63) is 42.0 Å². The molecule has 2 aromatic carbocycles. The van der Waals surface area contributed by atoms with Gasteiger partial charge in [-0.2, -0.15) is 0 Å². The molecule has 0 spiro atoms. The number of piperidine rings is 1. The smallest absolute Gasteiger partial charge is 0.315 e. The van der Waals surface area contributed by atoms with Crippen LogP contribution in [0.1, 0.15) is 18.4 Å². The first kappa shape index (κ1) is 19.4. The second-order valence-corrected chi connectivity index (χ2v) is 8.79. The van der Waals surface area contributed by atoms with Crippen molar-refractivity contribution in [2.75, 3.05) is 26.5 Å². The number of nitrogens with zero attached hydrogens (tertiary/aromatic N) is 1. The first-order chi connectivity index (χ1) is 12.8. The Morgan fingerprint density at radius 3 is 2.48 bits per heavy atom. The van der Waals surface area contributed by atoms with Crippen LogP contribution in [-0.2, 0) is 16.6 Å². The van der Waals surface area contributed by atoms with Crippen LogP contribution in [0.3, 0.4) is 0 Å². The molecule has 2 aromatic rings. The highest BCUT2D eigenvalue weighted by Crippen LogP contribution is 2.21. The van der Waals surface area contributed by atoms with Gasteiger partial charge in [-0.15, -0.1) is 0 Å². The fourth-order valence-electron chi connectivity index (χ4n) is 3.26. The van der Waals surface area contributed by atoms with Crippen molar-refractivity contribution in [3.8, 4) is 5.75 Å². The quantitative estimate of drug-likeness (QED) is 0.817. The lowest BCUT2D eigenvalue weighted by Gasteiger charge is -2.30. The fourth-order valence-corrected chi connectivity index (χ4v) is 4.13. The van der Waals surface area contributed by atoms with E-state index in [1.165, 1.54) is 10.6 Å². The Bertz CT molecular complexity index is 922. The van der Waals surface area contributed by atoms with Crippen molar-refractivity contribution in [2.45, 2.75) is 25.4 Å². The van der Waals surface area contributed by atoms with Crippen LogP contribution in [-0.4, -0.2) is 51.3 Å². The molecular weight excluding hydrogens is 366 g/mol. The summed E-state index contributed by atoms with van der Waals surface area (Å²) in [6.45, 7) is 1.31. The fraction of sp³-hybridized carbons (Fsp3) is 0.421. The predicted octanol–water partition coefficient (Wildman–Crippen LogP) is 2.07. The average Bonchev–Trinajstić information content (AvgIpc) is 2.65. The minimum Gasteiger partial charge on any atom is -0.497 e. The van der Waals surface area contributed by atoms with Crippen molar-refractivity contribution in [2.24, 2.45) is 0 Å². The van der Waals surface area contributed by atoms with Gasteiger partial charge in [0, 0.05) is 25.7 Å². The molecule has 2 N–H and O–H groups in total. The molecule has 1 fully saturated rings. The number of carbonyl (C=O) groups is 1. The molecule has 0 atom stereocenters. The molecule has 0 saturated carbocycles. The van der Waals surface area contributed by atoms with Crippen LogP contribution >= 0.6 is 0 Å². The number of urea groups is 1. The van der Waals surface area contributed by atoms with Crippen LogP contribution in [0.2, 0.25) is 0 Å². The molecule has 7 nitrogen and oxygen atoms in total. The maximum absolute atomic E-state index is 12.1. The van der Waals surface area contributed by atoms with Crippen molar-refractivity contribution in [3.63, 3.8) is 0 Å². The van der Waals surface area contributed by atoms with Gasteiger partial charge in [0.05, 0.1) is 13.4 Å². The first-order valence-corrected chi connectivity index (χ1v) is 10.8. The molecule has 8 heteroatoms. The van der Waals surface area contributed by atoms with Gasteiger partial charge < -0.3 is 15.4 Å². The predicted molar refractivity (Wildman–Crippen MR) is 105 cm³/mol. The zero-order valence-electron chi connectivity index (χ0n) is 15.6. The number of benzene rings is 2. The van der Waals surface area contributed by atoms with Crippen LogP contribution in [0.25, 0.3) is 10.8 Å². The first-order valence-electron chi connectivity index (χ1n) is 8.91. The summed E-state index contributed by atoms with van der Waals surface area (Å²) in [6.07, 6.45) is 2.46. The minimum absolute atomic E-state index is 0.00734. The Morgan fingerprint density at radius 2 is 1.81 bits per heavy atom. The van der Waals surface area contributed by atoms with Crippen LogP contribution in [0.4, 0.5) is 4.79 Å². The molecule has 0 unspecified atom stereocenters. The maximum atomic E-state index is 12.1. The molecule has 1 heterocycles. The van der Waals surface area contributed by atoms with E-state index in [1.54, 1.807) is 7.11 Å². The number of carbonyl (C=O) groups excluding carboxylic acids is 1. The van der Waals surface area contributed by atoms with E-state index in [1.807, 2.05) is 36.4 Å². The van der Waals surface area contributed by atoms with Crippen molar-refractivity contribution in [1.82, 2.24) is 14.9 Å². The molecular formula is C19H25N3O4S. The van der Waals surface area contributed by atoms with Crippen LogP contribution < -0.4 is 15.4 Å². The number of fused-ring (bicyclic) bond motifs is 1. The van der Waals surface area contributed by atoms with Gasteiger partial charge in [0.25, 0.3) is 0 Å². The lowest BCUT2D eigenvalue weighted by atomic mass is 10.1. The van der Waals surface area contributed by atoms with Gasteiger partial charge in [0.15, 0.2) is 0 Å². The Hall–Kier alpha value is -2.32. The lowest BCUT2D eigenvalue weighted by Crippen LogP contribution is -2.48. The summed E-state index contributed by atoms with van der Waals surface area (Å²) in [4.78, 5) is 12.1. The number of hydrogen-bond acceptors (Lipinski definition) is 4. The van der Waals surface area contributed by atoms with Gasteiger partial charge in [-0.05, 0) is 47.4 Å². The van der Waals surface area contributed by atoms with E-state index in [0.29, 0.717) is 32.5 Å². The molecule has 1 aliphatic rings. The summed E-state index contributed by atoms with van der Waals surface area (Å²) < 4.78 is 29.7. The number of rotatable bonds is 5. The van der Waals surface area contributed by atoms with Crippen molar-refractivity contribution in [1.29, 1.82) is 0 Å². The Kier molecular flexibility index (Phi) is 5.86. The average molecular weight is 391 g/mol. The van der Waals surface area contributed by atoms with Crippen LogP contribution in [0.5, 0.6) is 5.75 Å². The molecule has 1 saturated heterocycles. The molecule has 0 radical (unpaired) electrons. The Balaban J connectivity index is 1.50. The maximum Gasteiger partial charge on any atom is 0.315 e. The third kappa shape index (κ3) is 5.11. The Morgan fingerprint density at radius 1 is 1.15 bits per heavy atom. The van der Waals surface area contributed by atoms with E-state index < -0.39 is 10.0 Å². The molecule has 3 rings (SSSR count). The summed E-state index contributed by atoms with van der Waals surface area (Å²) in [6, 6.07) is 11.7. The summed E-state index contributed by atoms with van der Waals surface area (Å²) in [7, 11) is -1.51. The van der Waals surface area contributed by atoms with Gasteiger partial charge in [0.1, 0.15) is 5.75 Å². The molecule has 0 aliphatic carbocycles. The largest absolute Gasteiger partial charge is 0.497 e. The number of methoxy groups -OCH3 is 1. The van der Waals surface area contributed by atoms with Crippen molar-refractivity contribution < 1.29 is 17.9 Å². The molecule has 0 bridgehead atoms. The SMILES string of the molecule is COc1ccc2cc(CNC(=O)NC3CCN(S(C)(=O)=O)CC3)ccc2c1. The van der Waals surface area contributed by atoms with Gasteiger partial charge in [-0.1, -0.05) is 18.2 Å². The third-order valence-corrected chi connectivity index (χ3v) is 6.13. The Labute approximate surface area is 159 Å². The van der Waals surface area contributed by atoms with Crippen LogP contribution in [0, 0.1) is 0 Å². The van der Waals surface area contributed by atoms with E-state index in [0.717, 1.165) is 22.1 Å². The van der Waals surface area contributed by atoms with Gasteiger partial charge in [-0.3, -0.25) is 0 Å². The monoisotopic (exact) mass is 391 g/mol. The minimum atomic E-state index is -3.15. The summed E-state index contributed by atoms with van der Waals surface area (Å²) in [5.41, 5.74) is 1.01. The van der Waals surface area contributed by atoms with E-state index in [4.69, 9.17) is 4.74 Å². The van der Waals surface area contributed by atoms with Gasteiger partial charge >= 0.3 is 6.03 Å². The second-order valence-electron chi connectivity index (χ2n) is 6.81. The van der Waals surface area contributed by atoms with E-state index in [2.05, 4.69) is 10.6 Å².